The molecule has 0 spiro atoms. The predicted molar refractivity (Wildman–Crippen MR) is 154 cm³/mol. The lowest BCUT2D eigenvalue weighted by Crippen LogP contribution is -2.51. The van der Waals surface area contributed by atoms with Crippen LogP contribution in [-0.2, 0) is 11.2 Å². The first-order valence-corrected chi connectivity index (χ1v) is 14.7. The van der Waals surface area contributed by atoms with Gasteiger partial charge in [-0.15, -0.1) is 0 Å². The van der Waals surface area contributed by atoms with E-state index in [0.29, 0.717) is 47.3 Å². The Kier molecular flexibility index (Phi) is 9.29. The van der Waals surface area contributed by atoms with Gasteiger partial charge in [-0.3, -0.25) is 4.79 Å². The third kappa shape index (κ3) is 6.31. The Balaban J connectivity index is 1.52. The molecule has 1 aliphatic heterocycles. The number of fused-ring (bicyclic) bond motifs is 1. The van der Waals surface area contributed by atoms with E-state index in [1.807, 2.05) is 19.0 Å². The molecule has 0 radical (unpaired) electrons. The van der Waals surface area contributed by atoms with E-state index in [0.717, 1.165) is 12.1 Å². The van der Waals surface area contributed by atoms with Crippen LogP contribution in [0.3, 0.4) is 0 Å². The van der Waals surface area contributed by atoms with Crippen molar-refractivity contribution < 1.29 is 33.3 Å². The van der Waals surface area contributed by atoms with Crippen LogP contribution >= 0.6 is 0 Å². The quantitative estimate of drug-likeness (QED) is 0.202. The van der Waals surface area contributed by atoms with Crippen molar-refractivity contribution in [3.63, 3.8) is 0 Å². The molecule has 14 nitrogen and oxygen atoms in total. The summed E-state index contributed by atoms with van der Waals surface area (Å²) in [6.07, 6.45) is -2.23. The van der Waals surface area contributed by atoms with E-state index in [1.54, 1.807) is 19.4 Å². The zero-order valence-corrected chi connectivity index (χ0v) is 24.8. The van der Waals surface area contributed by atoms with Crippen molar-refractivity contribution in [2.45, 2.75) is 75.2 Å². The van der Waals surface area contributed by atoms with E-state index >= 15 is 0 Å². The highest BCUT2D eigenvalue weighted by Crippen LogP contribution is 2.38. The highest BCUT2D eigenvalue weighted by Gasteiger charge is 2.51. The normalized spacial score (nSPS) is 24.9. The number of H-pyrrole nitrogens is 1. The van der Waals surface area contributed by atoms with E-state index in [2.05, 4.69) is 25.2 Å². The molecule has 0 bridgehead atoms. The molecule has 1 saturated carbocycles. The number of aliphatic hydroxyl groups is 3. The maximum atomic E-state index is 13.4. The first kappa shape index (κ1) is 31.9. The number of carbonyl (C=O) groups is 1. The molecule has 4 heterocycles. The average molecular weight is 625 g/mol. The Morgan fingerprint density at radius 3 is 2.61 bits per heavy atom. The van der Waals surface area contributed by atoms with Gasteiger partial charge in [-0.2, -0.15) is 23.1 Å². The maximum absolute atomic E-state index is 13.4. The van der Waals surface area contributed by atoms with Crippen LogP contribution in [0, 0.1) is 0 Å². The molecule has 44 heavy (non-hydrogen) atoms. The first-order valence-electron chi connectivity index (χ1n) is 14.7. The number of hydrogen-bond acceptors (Lipinski definition) is 11. The molecule has 5 rings (SSSR count). The zero-order valence-electron chi connectivity index (χ0n) is 24.8. The molecule has 17 heteroatoms. The van der Waals surface area contributed by atoms with Gasteiger partial charge in [0.05, 0.1) is 43.1 Å². The van der Waals surface area contributed by atoms with Crippen LogP contribution in [0.4, 0.5) is 24.9 Å². The van der Waals surface area contributed by atoms with Gasteiger partial charge in [0.25, 0.3) is 0 Å². The summed E-state index contributed by atoms with van der Waals surface area (Å²) in [5, 5.41) is 35.4. The summed E-state index contributed by atoms with van der Waals surface area (Å²) in [6.45, 7) is 2.49. The van der Waals surface area contributed by atoms with Crippen molar-refractivity contribution in [1.29, 1.82) is 0 Å². The molecule has 1 saturated heterocycles. The van der Waals surface area contributed by atoms with Crippen LogP contribution in [0.15, 0.2) is 18.9 Å². The zero-order chi connectivity index (χ0) is 31.8. The van der Waals surface area contributed by atoms with Crippen molar-refractivity contribution in [3.05, 3.63) is 24.5 Å². The second kappa shape index (κ2) is 12.8. The summed E-state index contributed by atoms with van der Waals surface area (Å²) in [4.78, 5) is 38.2. The number of hydrogen-bond donors (Lipinski definition) is 5. The molecule has 242 valence electrons. The number of rotatable bonds is 11. The van der Waals surface area contributed by atoms with Crippen LogP contribution in [0.5, 0.6) is 0 Å². The monoisotopic (exact) mass is 624 g/mol. The third-order valence-corrected chi connectivity index (χ3v) is 8.50. The number of nitrogens with zero attached hydrogens (tertiary/aromatic N) is 8. The molecule has 0 unspecified atom stereocenters. The molecule has 6 atom stereocenters. The SMILES string of the molecule is CCCN(C(=O)C(F)(F)F)[C@H]1C[C@@H](n2cnc3c(N[C@H](CO)Cc4c[nH]cn4)nc(N4CC[C@@H](N(C)C)C4)nc32)[C@H](O)[C@@H]1O. The topological polar surface area (TPSA) is 172 Å². The van der Waals surface area contributed by atoms with E-state index in [4.69, 9.17) is 9.97 Å². The fourth-order valence-electron chi connectivity index (χ4n) is 6.14. The summed E-state index contributed by atoms with van der Waals surface area (Å²) in [6, 6.07) is -2.42. The lowest BCUT2D eigenvalue weighted by molar-refractivity contribution is -0.190. The van der Waals surface area contributed by atoms with Crippen LogP contribution in [0.2, 0.25) is 0 Å². The molecule has 3 aromatic rings. The molecule has 5 N–H and O–H groups in total. The minimum Gasteiger partial charge on any atom is -0.394 e. The van der Waals surface area contributed by atoms with E-state index in [9.17, 15) is 33.3 Å². The lowest BCUT2D eigenvalue weighted by Gasteiger charge is -2.31. The predicted octanol–water partition coefficient (Wildman–Crippen LogP) is 0.541. The van der Waals surface area contributed by atoms with E-state index in [-0.39, 0.29) is 32.0 Å². The van der Waals surface area contributed by atoms with Gasteiger partial charge in [0.1, 0.15) is 12.2 Å². The molecule has 3 aromatic heterocycles. The van der Waals surface area contributed by atoms with Crippen LogP contribution in [0.25, 0.3) is 11.2 Å². The number of halogens is 3. The number of likely N-dealkylation sites (N-methyl/N-ethyl adjacent to an activating group) is 1. The number of carbonyl (C=O) groups excluding carboxylic acids is 1. The van der Waals surface area contributed by atoms with Gasteiger partial charge in [-0.05, 0) is 33.4 Å². The molecule has 1 aliphatic carbocycles. The van der Waals surface area contributed by atoms with Crippen molar-refractivity contribution >= 4 is 28.8 Å². The van der Waals surface area contributed by atoms with Gasteiger partial charge >= 0.3 is 12.1 Å². The van der Waals surface area contributed by atoms with Gasteiger partial charge < -0.3 is 44.9 Å². The standard InChI is InChI=1S/C27H39F3N10O4/c1-4-6-39(25(44)27(28,29)30)18-9-19(22(43)21(18)42)40-14-33-20-23(34-16(12-41)8-15-10-31-13-32-15)35-26(36-24(20)40)38-7-5-17(11-38)37(2)3/h10,13-14,16-19,21-22,41-43H,4-9,11-12H2,1-3H3,(H,31,32)(H,34,35,36)/t16-,17+,18-,19+,21+,22-/m0/s1. The minimum atomic E-state index is -5.12. The number of anilines is 2. The number of alkyl halides is 3. The largest absolute Gasteiger partial charge is 0.471 e. The molecule has 2 aliphatic rings. The Hall–Kier alpha value is -3.54. The first-order chi connectivity index (χ1) is 20.9. The molecule has 2 fully saturated rings. The highest BCUT2D eigenvalue weighted by atomic mass is 19.4. The van der Waals surface area contributed by atoms with Gasteiger partial charge in [0.2, 0.25) is 5.95 Å². The summed E-state index contributed by atoms with van der Waals surface area (Å²) >= 11 is 0. The van der Waals surface area contributed by atoms with Crippen molar-refractivity contribution in [1.82, 2.24) is 39.3 Å². The summed E-state index contributed by atoms with van der Waals surface area (Å²) < 4.78 is 41.9. The highest BCUT2D eigenvalue weighted by molar-refractivity contribution is 5.85. The minimum absolute atomic E-state index is 0.150. The number of imidazole rings is 2. The van der Waals surface area contributed by atoms with Crippen molar-refractivity contribution in [2.75, 3.05) is 50.6 Å². The van der Waals surface area contributed by atoms with Gasteiger partial charge in [0.15, 0.2) is 17.0 Å². The second-order valence-corrected chi connectivity index (χ2v) is 11.7. The third-order valence-electron chi connectivity index (χ3n) is 8.50. The second-order valence-electron chi connectivity index (χ2n) is 11.7. The number of aromatic amines is 1. The lowest BCUT2D eigenvalue weighted by atomic mass is 10.1. The number of aromatic nitrogens is 6. The Labute approximate surface area is 251 Å². The number of amides is 1. The summed E-state index contributed by atoms with van der Waals surface area (Å²) in [5.41, 5.74) is 1.34. The van der Waals surface area contributed by atoms with E-state index < -0.39 is 42.4 Å². The van der Waals surface area contributed by atoms with Crippen LogP contribution in [-0.4, -0.2) is 137 Å². The molecule has 1 amide bonds. The van der Waals surface area contributed by atoms with Crippen LogP contribution in [0.1, 0.15) is 37.9 Å². The average Bonchev–Trinajstić information content (AvgIpc) is 3.79. The maximum Gasteiger partial charge on any atom is 0.471 e. The van der Waals surface area contributed by atoms with Gasteiger partial charge in [-0.25, -0.2) is 9.97 Å². The fourth-order valence-corrected chi connectivity index (χ4v) is 6.14. The van der Waals surface area contributed by atoms with Gasteiger partial charge in [0, 0.05) is 38.3 Å². The van der Waals surface area contributed by atoms with Crippen LogP contribution < -0.4 is 10.2 Å². The molecular weight excluding hydrogens is 585 g/mol. The van der Waals surface area contributed by atoms with Crippen molar-refractivity contribution in [3.8, 4) is 0 Å². The smallest absolute Gasteiger partial charge is 0.394 e. The molecular formula is C27H39F3N10O4. The Morgan fingerprint density at radius 2 is 2.00 bits per heavy atom. The Bertz CT molecular complexity index is 1420. The summed E-state index contributed by atoms with van der Waals surface area (Å²) in [7, 11) is 3.99. The Morgan fingerprint density at radius 1 is 1.23 bits per heavy atom. The number of aliphatic hydroxyl groups excluding tert-OH is 3. The molecule has 0 aromatic carbocycles. The van der Waals surface area contributed by atoms with E-state index in [1.165, 1.54) is 10.9 Å². The van der Waals surface area contributed by atoms with Crippen molar-refractivity contribution in [2.24, 2.45) is 0 Å². The van der Waals surface area contributed by atoms with Gasteiger partial charge in [-0.1, -0.05) is 6.92 Å². The number of nitrogens with one attached hydrogen (secondary N) is 2. The summed E-state index contributed by atoms with van der Waals surface area (Å²) in [5.74, 6) is -1.35. The fraction of sp³-hybridized carbons (Fsp3) is 0.667.